The predicted molar refractivity (Wildman–Crippen MR) is 164 cm³/mol. The molecule has 0 unspecified atom stereocenters. The molecule has 45 heavy (non-hydrogen) atoms. The van der Waals surface area contributed by atoms with Gasteiger partial charge in [-0.2, -0.15) is 0 Å². The second-order valence-electron chi connectivity index (χ2n) is 10.6. The van der Waals surface area contributed by atoms with Crippen LogP contribution < -0.4 is 4.74 Å². The molecule has 0 atom stereocenters. The molecule has 4 aromatic carbocycles. The van der Waals surface area contributed by atoms with Gasteiger partial charge < -0.3 is 19.1 Å². The molecule has 1 amide bonds. The number of carbonyl (C=O) groups is 3. The Kier molecular flexibility index (Phi) is 8.24. The molecule has 0 bridgehead atoms. The van der Waals surface area contributed by atoms with E-state index >= 15 is 0 Å². The number of aromatic nitrogens is 1. The predicted octanol–water partition coefficient (Wildman–Crippen LogP) is 6.13. The molecule has 0 fully saturated rings. The lowest BCUT2D eigenvalue weighted by Crippen LogP contribution is -2.26. The average Bonchev–Trinajstić information content (AvgIpc) is 3.40. The topological polar surface area (TPSA) is 95.0 Å². The Bertz CT molecular complexity index is 1820. The molecule has 0 aliphatic carbocycles. The lowest BCUT2D eigenvalue weighted by atomic mass is 9.87. The van der Waals surface area contributed by atoms with E-state index in [9.17, 15) is 18.8 Å². The zero-order valence-corrected chi connectivity index (χ0v) is 24.6. The van der Waals surface area contributed by atoms with Gasteiger partial charge in [-0.1, -0.05) is 78.9 Å². The number of fused-ring (bicyclic) bond motifs is 2. The maximum absolute atomic E-state index is 14.4. The molecule has 5 aromatic rings. The Morgan fingerprint density at radius 2 is 1.44 bits per heavy atom. The summed E-state index contributed by atoms with van der Waals surface area (Å²) < 4.78 is 30.6. The highest BCUT2D eigenvalue weighted by Crippen LogP contribution is 2.46. The SMILES string of the molecule is COC(=O)C(C(=O)OC)c1c2c(c(OC(c3ccccc3)c3ccccc3)c3ncccc13)C(=O)N(Cc1ccc(F)cc1)C2. The quantitative estimate of drug-likeness (QED) is 0.148. The number of hydrogen-bond acceptors (Lipinski definition) is 7. The van der Waals surface area contributed by atoms with E-state index in [4.69, 9.17) is 14.2 Å². The molecule has 0 saturated carbocycles. The van der Waals surface area contributed by atoms with E-state index in [1.165, 1.54) is 26.4 Å². The van der Waals surface area contributed by atoms with Crippen molar-refractivity contribution in [1.82, 2.24) is 9.88 Å². The number of amides is 1. The fourth-order valence-corrected chi connectivity index (χ4v) is 5.82. The van der Waals surface area contributed by atoms with E-state index in [1.54, 1.807) is 35.4 Å². The number of ether oxygens (including phenoxy) is 3. The molecule has 1 aliphatic rings. The first-order valence-electron chi connectivity index (χ1n) is 14.3. The molecule has 8 nitrogen and oxygen atoms in total. The van der Waals surface area contributed by atoms with Crippen molar-refractivity contribution >= 4 is 28.7 Å². The third-order valence-electron chi connectivity index (χ3n) is 7.91. The van der Waals surface area contributed by atoms with E-state index in [0.717, 1.165) is 11.1 Å². The second kappa shape index (κ2) is 12.6. The Morgan fingerprint density at radius 3 is 2.02 bits per heavy atom. The van der Waals surface area contributed by atoms with Crippen molar-refractivity contribution in [3.05, 3.63) is 142 Å². The van der Waals surface area contributed by atoms with E-state index < -0.39 is 29.8 Å². The molecule has 2 heterocycles. The van der Waals surface area contributed by atoms with Gasteiger partial charge in [-0.25, -0.2) is 4.39 Å². The van der Waals surface area contributed by atoms with Gasteiger partial charge in [0, 0.05) is 24.7 Å². The van der Waals surface area contributed by atoms with Crippen LogP contribution in [0, 0.1) is 5.82 Å². The summed E-state index contributed by atoms with van der Waals surface area (Å²) in [6.45, 7) is 0.201. The molecule has 1 aliphatic heterocycles. The minimum atomic E-state index is -1.48. The van der Waals surface area contributed by atoms with Crippen molar-refractivity contribution in [2.75, 3.05) is 14.2 Å². The zero-order chi connectivity index (χ0) is 31.5. The lowest BCUT2D eigenvalue weighted by Gasteiger charge is -2.24. The number of rotatable bonds is 9. The third-order valence-corrected chi connectivity index (χ3v) is 7.91. The second-order valence-corrected chi connectivity index (χ2v) is 10.6. The normalized spacial score (nSPS) is 12.5. The standard InChI is InChI=1S/C36H29FN2O6/c1-43-35(41)30(36(42)44-2)28-26-14-9-19-38-31(26)33(45-32(23-10-5-3-6-11-23)24-12-7-4-8-13-24)29-27(28)21-39(34(29)40)20-22-15-17-25(37)18-16-22/h3-19,30,32H,20-21H2,1-2H3. The number of esters is 2. The molecule has 0 N–H and O–H groups in total. The summed E-state index contributed by atoms with van der Waals surface area (Å²) in [6, 6.07) is 28.5. The van der Waals surface area contributed by atoms with Gasteiger partial charge >= 0.3 is 11.9 Å². The molecule has 0 saturated heterocycles. The van der Waals surface area contributed by atoms with Gasteiger partial charge in [0.1, 0.15) is 17.4 Å². The monoisotopic (exact) mass is 604 g/mol. The van der Waals surface area contributed by atoms with Gasteiger partial charge in [0.25, 0.3) is 5.91 Å². The van der Waals surface area contributed by atoms with Crippen LogP contribution in [0.2, 0.25) is 0 Å². The summed E-state index contributed by atoms with van der Waals surface area (Å²) in [4.78, 5) is 46.9. The Balaban J connectivity index is 1.59. The van der Waals surface area contributed by atoms with Crippen molar-refractivity contribution in [3.8, 4) is 5.75 Å². The number of halogens is 1. The Hall–Kier alpha value is -5.57. The third kappa shape index (κ3) is 5.60. The van der Waals surface area contributed by atoms with Crippen LogP contribution in [0.15, 0.2) is 103 Å². The van der Waals surface area contributed by atoms with E-state index in [-0.39, 0.29) is 35.9 Å². The lowest BCUT2D eigenvalue weighted by molar-refractivity contribution is -0.154. The van der Waals surface area contributed by atoms with Crippen molar-refractivity contribution in [2.45, 2.75) is 25.1 Å². The van der Waals surface area contributed by atoms with Crippen LogP contribution in [0.25, 0.3) is 10.9 Å². The smallest absolute Gasteiger partial charge is 0.324 e. The minimum absolute atomic E-state index is 0.0495. The molecule has 0 spiro atoms. The molecule has 226 valence electrons. The summed E-state index contributed by atoms with van der Waals surface area (Å²) >= 11 is 0. The number of benzene rings is 4. The van der Waals surface area contributed by atoms with Crippen LogP contribution in [0.4, 0.5) is 4.39 Å². The Labute approximate surface area is 259 Å². The average molecular weight is 605 g/mol. The highest BCUT2D eigenvalue weighted by molar-refractivity contribution is 6.12. The molecule has 9 heteroatoms. The molecule has 6 rings (SSSR count). The first-order chi connectivity index (χ1) is 21.9. The van der Waals surface area contributed by atoms with Crippen molar-refractivity contribution in [1.29, 1.82) is 0 Å². The first kappa shape index (κ1) is 29.5. The van der Waals surface area contributed by atoms with Gasteiger partial charge in [-0.3, -0.25) is 19.4 Å². The largest absolute Gasteiger partial charge is 0.478 e. The maximum atomic E-state index is 14.4. The minimum Gasteiger partial charge on any atom is -0.478 e. The summed E-state index contributed by atoms with van der Waals surface area (Å²) in [7, 11) is 2.37. The molecular formula is C36H29FN2O6. The van der Waals surface area contributed by atoms with Crippen molar-refractivity contribution in [3.63, 3.8) is 0 Å². The maximum Gasteiger partial charge on any atom is 0.324 e. The summed E-state index contributed by atoms with van der Waals surface area (Å²) in [5.74, 6) is -3.70. The van der Waals surface area contributed by atoms with E-state index in [0.29, 0.717) is 22.0 Å². The Morgan fingerprint density at radius 1 is 0.844 bits per heavy atom. The summed E-state index contributed by atoms with van der Waals surface area (Å²) in [5.41, 5.74) is 3.59. The number of nitrogens with zero attached hydrogens (tertiary/aromatic N) is 2. The molecular weight excluding hydrogens is 575 g/mol. The van der Waals surface area contributed by atoms with Gasteiger partial charge in [-0.05, 0) is 46.0 Å². The van der Waals surface area contributed by atoms with Crippen LogP contribution in [0.1, 0.15) is 50.2 Å². The zero-order valence-electron chi connectivity index (χ0n) is 24.6. The number of pyridine rings is 1. The van der Waals surface area contributed by atoms with Crippen LogP contribution >= 0.6 is 0 Å². The van der Waals surface area contributed by atoms with Crippen LogP contribution in [0.5, 0.6) is 5.75 Å². The number of hydrogen-bond donors (Lipinski definition) is 0. The summed E-state index contributed by atoms with van der Waals surface area (Å²) in [5, 5.41) is 0.448. The van der Waals surface area contributed by atoms with Gasteiger partial charge in [0.15, 0.2) is 11.7 Å². The van der Waals surface area contributed by atoms with Crippen molar-refractivity contribution in [2.24, 2.45) is 0 Å². The van der Waals surface area contributed by atoms with Gasteiger partial charge in [-0.15, -0.1) is 0 Å². The van der Waals surface area contributed by atoms with Gasteiger partial charge in [0.05, 0.1) is 19.8 Å². The van der Waals surface area contributed by atoms with E-state index in [1.807, 2.05) is 60.7 Å². The van der Waals surface area contributed by atoms with E-state index in [2.05, 4.69) is 4.98 Å². The number of carbonyl (C=O) groups excluding carboxylic acids is 3. The molecule has 1 aromatic heterocycles. The summed E-state index contributed by atoms with van der Waals surface area (Å²) in [6.07, 6.45) is 0.940. The molecule has 0 radical (unpaired) electrons. The van der Waals surface area contributed by atoms with Crippen molar-refractivity contribution < 1.29 is 33.0 Å². The number of methoxy groups -OCH3 is 2. The van der Waals surface area contributed by atoms with Crippen LogP contribution in [-0.2, 0) is 32.2 Å². The van der Waals surface area contributed by atoms with Crippen LogP contribution in [-0.4, -0.2) is 41.9 Å². The highest BCUT2D eigenvalue weighted by atomic mass is 19.1. The van der Waals surface area contributed by atoms with Crippen LogP contribution in [0.3, 0.4) is 0 Å². The van der Waals surface area contributed by atoms with Gasteiger partial charge in [0.2, 0.25) is 0 Å². The first-order valence-corrected chi connectivity index (χ1v) is 14.3. The fraction of sp³-hybridized carbons (Fsp3) is 0.167. The highest BCUT2D eigenvalue weighted by Gasteiger charge is 2.42. The fourth-order valence-electron chi connectivity index (χ4n) is 5.82.